The molecule has 232 valence electrons. The van der Waals surface area contributed by atoms with Gasteiger partial charge in [-0.2, -0.15) is 0 Å². The third-order valence-corrected chi connectivity index (χ3v) is 8.75. The maximum Gasteiger partial charge on any atom is 0.157 e. The summed E-state index contributed by atoms with van der Waals surface area (Å²) in [7, 11) is 0. The van der Waals surface area contributed by atoms with E-state index in [1.54, 1.807) is 0 Å². The zero-order valence-corrected chi connectivity index (χ0v) is 26.8. The molecule has 6 aromatic rings. The molecule has 1 unspecified atom stereocenters. The van der Waals surface area contributed by atoms with Crippen LogP contribution in [0.2, 0.25) is 0 Å². The van der Waals surface area contributed by atoms with E-state index in [1.165, 1.54) is 27.8 Å². The Hall–Kier alpha value is -6.06. The van der Waals surface area contributed by atoms with Crippen molar-refractivity contribution in [2.45, 2.75) is 18.9 Å². The van der Waals surface area contributed by atoms with Crippen LogP contribution in [0.25, 0.3) is 27.8 Å². The van der Waals surface area contributed by atoms with Gasteiger partial charge >= 0.3 is 0 Å². The molecule has 3 heteroatoms. The molecule has 2 N–H and O–H groups in total. The predicted octanol–water partition coefficient (Wildman–Crippen LogP) is 10.5. The third kappa shape index (κ3) is 7.32. The van der Waals surface area contributed by atoms with Crippen LogP contribution in [-0.2, 0) is 6.54 Å². The molecule has 0 bridgehead atoms. The van der Waals surface area contributed by atoms with E-state index in [2.05, 4.69) is 133 Å². The lowest BCUT2D eigenvalue weighted by Gasteiger charge is -2.17. The zero-order chi connectivity index (χ0) is 32.5. The Morgan fingerprint density at radius 2 is 1.15 bits per heavy atom. The highest BCUT2D eigenvalue weighted by atomic mass is 15.0. The molecule has 48 heavy (non-hydrogen) atoms. The average molecular weight is 620 g/mol. The molecular formula is C45H37N3. The minimum absolute atomic E-state index is 0.386. The van der Waals surface area contributed by atoms with E-state index in [0.29, 0.717) is 24.1 Å². The van der Waals surface area contributed by atoms with Crippen LogP contribution in [0.5, 0.6) is 0 Å². The van der Waals surface area contributed by atoms with Crippen molar-refractivity contribution >= 4 is 17.2 Å². The summed E-state index contributed by atoms with van der Waals surface area (Å²) in [6.45, 7) is 0.512. The number of hydrogen-bond acceptors (Lipinski definition) is 1. The molecule has 0 radical (unpaired) electrons. The first-order valence-corrected chi connectivity index (χ1v) is 16.4. The number of nitrogens with zero attached hydrogens (tertiary/aromatic N) is 2. The van der Waals surface area contributed by atoms with Crippen molar-refractivity contribution in [2.75, 3.05) is 0 Å². The van der Waals surface area contributed by atoms with Gasteiger partial charge in [-0.25, -0.2) is 4.99 Å². The molecule has 6 aromatic carbocycles. The Balaban J connectivity index is 1.13. The third-order valence-electron chi connectivity index (χ3n) is 8.75. The van der Waals surface area contributed by atoms with Gasteiger partial charge in [0.1, 0.15) is 5.84 Å². The van der Waals surface area contributed by atoms with Gasteiger partial charge in [-0.1, -0.05) is 170 Å². The van der Waals surface area contributed by atoms with Gasteiger partial charge in [0, 0.05) is 17.0 Å². The van der Waals surface area contributed by atoms with E-state index in [1.807, 2.05) is 48.5 Å². The lowest BCUT2D eigenvalue weighted by molar-refractivity contribution is 0.857. The monoisotopic (exact) mass is 619 g/mol. The fraction of sp³-hybridized carbons (Fsp3) is 0.0667. The standard InChI is InChI=1S/C45H37N3/c46-44(39-16-8-3-9-17-39)48-45(47-32-33-12-4-1-5-13-33)43-21-11-20-42(31-43)41-19-10-18-40(30-41)38-28-26-37(27-29-38)36-24-22-35(23-25-36)34-14-6-2-7-15-34/h1-24,26-31,36H,25,32H2,(H2,46,47,48). The summed E-state index contributed by atoms with van der Waals surface area (Å²) in [6, 6.07) is 56.8. The summed E-state index contributed by atoms with van der Waals surface area (Å²) in [5.41, 5.74) is 17.9. The summed E-state index contributed by atoms with van der Waals surface area (Å²) in [4.78, 5) is 9.77. The van der Waals surface area contributed by atoms with Gasteiger partial charge < -0.3 is 5.73 Å². The van der Waals surface area contributed by atoms with Crippen molar-refractivity contribution in [1.82, 2.24) is 0 Å². The van der Waals surface area contributed by atoms with E-state index in [9.17, 15) is 0 Å². The van der Waals surface area contributed by atoms with Crippen LogP contribution in [0.1, 0.15) is 40.2 Å². The van der Waals surface area contributed by atoms with Crippen molar-refractivity contribution in [3.63, 3.8) is 0 Å². The van der Waals surface area contributed by atoms with Gasteiger partial charge in [0.2, 0.25) is 0 Å². The van der Waals surface area contributed by atoms with Crippen molar-refractivity contribution < 1.29 is 0 Å². The highest BCUT2D eigenvalue weighted by Gasteiger charge is 2.13. The highest BCUT2D eigenvalue weighted by Crippen LogP contribution is 2.33. The molecule has 1 aliphatic carbocycles. The van der Waals surface area contributed by atoms with E-state index < -0.39 is 0 Å². The van der Waals surface area contributed by atoms with Crippen molar-refractivity contribution in [2.24, 2.45) is 15.7 Å². The van der Waals surface area contributed by atoms with E-state index in [-0.39, 0.29) is 0 Å². The molecule has 0 saturated heterocycles. The van der Waals surface area contributed by atoms with Gasteiger partial charge in [-0.15, -0.1) is 0 Å². The van der Waals surface area contributed by atoms with Gasteiger partial charge in [0.15, 0.2) is 5.84 Å². The second-order valence-corrected chi connectivity index (χ2v) is 12.0. The second-order valence-electron chi connectivity index (χ2n) is 12.0. The van der Waals surface area contributed by atoms with Crippen molar-refractivity contribution in [3.05, 3.63) is 210 Å². The smallest absolute Gasteiger partial charge is 0.157 e. The molecule has 0 heterocycles. The summed E-state index contributed by atoms with van der Waals surface area (Å²) < 4.78 is 0. The molecule has 0 fully saturated rings. The number of aliphatic imine (C=N–C) groups is 2. The molecule has 3 nitrogen and oxygen atoms in total. The fourth-order valence-corrected chi connectivity index (χ4v) is 6.08. The molecular weight excluding hydrogens is 583 g/mol. The molecule has 7 rings (SSSR count). The van der Waals surface area contributed by atoms with E-state index >= 15 is 0 Å². The molecule has 0 spiro atoms. The van der Waals surface area contributed by atoms with Crippen LogP contribution in [0.3, 0.4) is 0 Å². The molecule has 0 aromatic heterocycles. The SMILES string of the molecule is NC(=NC(=NCc1ccccc1)c1cccc(-c2cccc(-c3ccc(C4C=CC(c5ccccc5)=CC4)cc3)c2)c1)c1ccccc1. The predicted molar refractivity (Wildman–Crippen MR) is 202 cm³/mol. The Morgan fingerprint density at radius 1 is 0.562 bits per heavy atom. The maximum absolute atomic E-state index is 6.49. The van der Waals surface area contributed by atoms with Crippen LogP contribution in [0, 0.1) is 0 Å². The van der Waals surface area contributed by atoms with E-state index in [4.69, 9.17) is 15.7 Å². The van der Waals surface area contributed by atoms with Gasteiger partial charge in [-0.05, 0) is 63.1 Å². The van der Waals surface area contributed by atoms with Gasteiger partial charge in [0.05, 0.1) is 6.54 Å². The summed E-state index contributed by atoms with van der Waals surface area (Å²) >= 11 is 0. The van der Waals surface area contributed by atoms with Crippen LogP contribution < -0.4 is 5.73 Å². The molecule has 1 aliphatic rings. The largest absolute Gasteiger partial charge is 0.383 e. The summed E-state index contributed by atoms with van der Waals surface area (Å²) in [5, 5.41) is 0. The van der Waals surface area contributed by atoms with Crippen molar-refractivity contribution in [3.8, 4) is 22.3 Å². The summed E-state index contributed by atoms with van der Waals surface area (Å²) in [6.07, 6.45) is 7.95. The topological polar surface area (TPSA) is 50.7 Å². The molecule has 0 amide bonds. The first-order chi connectivity index (χ1) is 23.7. The Bertz CT molecular complexity index is 2110. The lowest BCUT2D eigenvalue weighted by atomic mass is 9.87. The average Bonchev–Trinajstić information content (AvgIpc) is 3.18. The first-order valence-electron chi connectivity index (χ1n) is 16.4. The zero-order valence-electron chi connectivity index (χ0n) is 26.8. The maximum atomic E-state index is 6.49. The molecule has 0 saturated carbocycles. The van der Waals surface area contributed by atoms with Crippen LogP contribution >= 0.6 is 0 Å². The summed E-state index contributed by atoms with van der Waals surface area (Å²) in [5.74, 6) is 1.43. The molecule has 0 aliphatic heterocycles. The van der Waals surface area contributed by atoms with Gasteiger partial charge in [0.25, 0.3) is 0 Å². The van der Waals surface area contributed by atoms with Crippen LogP contribution in [0.4, 0.5) is 0 Å². The van der Waals surface area contributed by atoms with Crippen molar-refractivity contribution in [1.29, 1.82) is 0 Å². The quantitative estimate of drug-likeness (QED) is 0.134. The number of rotatable bonds is 8. The van der Waals surface area contributed by atoms with E-state index in [0.717, 1.165) is 34.2 Å². The van der Waals surface area contributed by atoms with Gasteiger partial charge in [-0.3, -0.25) is 4.99 Å². The Morgan fingerprint density at radius 3 is 1.83 bits per heavy atom. The lowest BCUT2D eigenvalue weighted by Crippen LogP contribution is -2.16. The number of benzene rings is 6. The normalized spacial score (nSPS) is 14.8. The Kier molecular flexibility index (Phi) is 9.29. The number of allylic oxidation sites excluding steroid dienone is 4. The number of nitrogens with two attached hydrogens (primary N) is 1. The number of hydrogen-bond donors (Lipinski definition) is 1. The highest BCUT2D eigenvalue weighted by molar-refractivity contribution is 6.11. The van der Waals surface area contributed by atoms with Crippen LogP contribution in [-0.4, -0.2) is 11.7 Å². The minimum atomic E-state index is 0.386. The van der Waals surface area contributed by atoms with Crippen LogP contribution in [0.15, 0.2) is 192 Å². The number of amidine groups is 2. The minimum Gasteiger partial charge on any atom is -0.383 e. The second kappa shape index (κ2) is 14.6. The molecule has 1 atom stereocenters. The Labute approximate surface area is 283 Å². The fourth-order valence-electron chi connectivity index (χ4n) is 6.08. The first kappa shape index (κ1) is 30.6.